The molecule has 0 heteroatoms. The van der Waals surface area contributed by atoms with Gasteiger partial charge in [-0.2, -0.15) is 0 Å². The normalized spacial score (nSPS) is 87.7. The van der Waals surface area contributed by atoms with Gasteiger partial charge in [0.25, 0.3) is 0 Å². The van der Waals surface area contributed by atoms with E-state index in [0.717, 1.165) is 21.7 Å². The standard InChI is InChI=1S/C29H36/c1-12-2-16-7-15(1)24-23-18-3-13-6-21(23)28-11-14-4-19-17-8-22(25(18)26(19,28)9-13)27(24,10-12)29(16,28)20(17)5-14/h12-25H,1-11H2. The summed E-state index contributed by atoms with van der Waals surface area (Å²) in [5.41, 5.74) is 3.68. The third kappa shape index (κ3) is 0.864. The maximum atomic E-state index is 1.79. The van der Waals surface area contributed by atoms with E-state index in [4.69, 9.17) is 0 Å². The highest BCUT2D eigenvalue weighted by molar-refractivity contribution is 5.47. The van der Waals surface area contributed by atoms with Crippen LogP contribution in [0, 0.1) is 105 Å². The van der Waals surface area contributed by atoms with Crippen LogP contribution < -0.4 is 0 Å². The lowest BCUT2D eigenvalue weighted by molar-refractivity contribution is -0.560. The predicted molar refractivity (Wildman–Crippen MR) is 109 cm³/mol. The van der Waals surface area contributed by atoms with Gasteiger partial charge in [0.2, 0.25) is 0 Å². The highest BCUT2D eigenvalue weighted by Gasteiger charge is 3.00. The van der Waals surface area contributed by atoms with Crippen molar-refractivity contribution >= 4 is 0 Å². The third-order valence-electron chi connectivity index (χ3n) is 17.1. The SMILES string of the molecule is C1C2CC3CC1C1C4C5CC6CC4C47CC8CC9C%10CC(C5C94C6)C1(C2)C37C%10C8. The van der Waals surface area contributed by atoms with Crippen molar-refractivity contribution in [3.05, 3.63) is 0 Å². The Morgan fingerprint density at radius 3 is 2.34 bits per heavy atom. The average Bonchev–Trinajstić information content (AvgIpc) is 2.71. The second-order valence-corrected chi connectivity index (χ2v) is 15.9. The van der Waals surface area contributed by atoms with Gasteiger partial charge in [-0.1, -0.05) is 0 Å². The Balaban J connectivity index is 1.33. The number of rotatable bonds is 0. The molecule has 29 heavy (non-hydrogen) atoms. The van der Waals surface area contributed by atoms with Crippen LogP contribution in [0.1, 0.15) is 70.6 Å². The van der Waals surface area contributed by atoms with Crippen LogP contribution in [-0.4, -0.2) is 0 Å². The quantitative estimate of drug-likeness (QED) is 0.479. The highest BCUT2D eigenvalue weighted by Crippen LogP contribution is 3.05. The fourth-order valence-electron chi connectivity index (χ4n) is 19.2. The summed E-state index contributed by atoms with van der Waals surface area (Å²) in [4.78, 5) is 0. The molecule has 17 aliphatic carbocycles. The molecule has 152 valence electrons. The maximum Gasteiger partial charge on any atom is -0.0111 e. The van der Waals surface area contributed by atoms with Crippen LogP contribution in [0.4, 0.5) is 0 Å². The fourth-order valence-corrected chi connectivity index (χ4v) is 19.2. The molecule has 4 spiro atoms. The zero-order valence-corrected chi connectivity index (χ0v) is 17.9. The van der Waals surface area contributed by atoms with Crippen LogP contribution >= 0.6 is 0 Å². The first-order chi connectivity index (χ1) is 14.3. The minimum absolute atomic E-state index is 0.918. The van der Waals surface area contributed by atoms with Gasteiger partial charge in [0, 0.05) is 0 Å². The van der Waals surface area contributed by atoms with Crippen LogP contribution in [0.25, 0.3) is 0 Å². The van der Waals surface area contributed by atoms with Crippen molar-refractivity contribution in [3.8, 4) is 0 Å². The molecule has 0 heterocycles. The van der Waals surface area contributed by atoms with E-state index in [0.29, 0.717) is 0 Å². The molecule has 0 aromatic carbocycles. The first kappa shape index (κ1) is 14.2. The van der Waals surface area contributed by atoms with E-state index in [9.17, 15) is 0 Å². The monoisotopic (exact) mass is 384 g/mol. The van der Waals surface area contributed by atoms with E-state index >= 15 is 0 Å². The Labute approximate surface area is 175 Å². The lowest BCUT2D eigenvalue weighted by Crippen LogP contribution is -2.98. The van der Waals surface area contributed by atoms with E-state index in [1.807, 2.05) is 0 Å². The third-order valence-corrected chi connectivity index (χ3v) is 17.1. The molecule has 17 fully saturated rings. The Morgan fingerprint density at radius 2 is 1.34 bits per heavy atom. The molecule has 18 atom stereocenters. The lowest BCUT2D eigenvalue weighted by atomic mass is 9.01. The van der Waals surface area contributed by atoms with Crippen LogP contribution in [0.5, 0.6) is 0 Å². The van der Waals surface area contributed by atoms with Gasteiger partial charge in [0.1, 0.15) is 0 Å². The topological polar surface area (TPSA) is 0 Å². The summed E-state index contributed by atoms with van der Waals surface area (Å²) in [6.07, 6.45) is 19.2. The van der Waals surface area contributed by atoms with Crippen molar-refractivity contribution in [2.75, 3.05) is 0 Å². The summed E-state index contributed by atoms with van der Waals surface area (Å²) in [7, 11) is 0. The van der Waals surface area contributed by atoms with E-state index in [-0.39, 0.29) is 0 Å². The summed E-state index contributed by atoms with van der Waals surface area (Å²) in [6.45, 7) is 0. The maximum absolute atomic E-state index is 1.79. The summed E-state index contributed by atoms with van der Waals surface area (Å²) >= 11 is 0. The Morgan fingerprint density at radius 1 is 0.517 bits per heavy atom. The molecule has 0 aromatic heterocycles. The molecule has 0 saturated heterocycles. The van der Waals surface area contributed by atoms with Gasteiger partial charge in [0.05, 0.1) is 0 Å². The molecule has 18 bridgehead atoms. The molecule has 18 unspecified atom stereocenters. The van der Waals surface area contributed by atoms with Gasteiger partial charge in [0.15, 0.2) is 0 Å². The first-order valence-electron chi connectivity index (χ1n) is 14.3. The molecule has 0 N–H and O–H groups in total. The Bertz CT molecular complexity index is 965. The van der Waals surface area contributed by atoms with E-state index in [1.165, 1.54) is 82.9 Å². The van der Waals surface area contributed by atoms with Gasteiger partial charge in [-0.25, -0.2) is 0 Å². The molecule has 0 aromatic rings. The molecule has 0 nitrogen and oxygen atoms in total. The van der Waals surface area contributed by atoms with Gasteiger partial charge >= 0.3 is 0 Å². The van der Waals surface area contributed by atoms with Crippen molar-refractivity contribution in [3.63, 3.8) is 0 Å². The van der Waals surface area contributed by atoms with Gasteiger partial charge in [-0.3, -0.25) is 0 Å². The van der Waals surface area contributed by atoms with E-state index in [2.05, 4.69) is 0 Å². The summed E-state index contributed by atoms with van der Waals surface area (Å²) in [6, 6.07) is 0. The molecule has 17 saturated carbocycles. The van der Waals surface area contributed by atoms with Crippen molar-refractivity contribution in [1.82, 2.24) is 0 Å². The highest BCUT2D eigenvalue weighted by atomic mass is 15.0. The minimum atomic E-state index is 0.918. The van der Waals surface area contributed by atoms with Gasteiger partial charge in [-0.15, -0.1) is 0 Å². The van der Waals surface area contributed by atoms with Crippen molar-refractivity contribution < 1.29 is 0 Å². The molecular weight excluding hydrogens is 348 g/mol. The largest absolute Gasteiger partial charge is 0.0473 e. The average molecular weight is 385 g/mol. The summed E-state index contributed by atoms with van der Waals surface area (Å²) in [5, 5.41) is 0. The second kappa shape index (κ2) is 3.44. The first-order valence-corrected chi connectivity index (χ1v) is 14.3. The molecule has 17 aliphatic rings. The molecule has 0 radical (unpaired) electrons. The fraction of sp³-hybridized carbons (Fsp3) is 1.00. The van der Waals surface area contributed by atoms with Gasteiger partial charge < -0.3 is 0 Å². The smallest absolute Gasteiger partial charge is 0.0111 e. The Kier molecular flexibility index (Phi) is 1.69. The lowest BCUT2D eigenvalue weighted by Gasteiger charge is -3.03. The van der Waals surface area contributed by atoms with E-state index in [1.54, 1.807) is 70.6 Å². The van der Waals surface area contributed by atoms with Crippen molar-refractivity contribution in [2.24, 2.45) is 105 Å². The summed E-state index contributed by atoms with van der Waals surface area (Å²) < 4.78 is 0. The van der Waals surface area contributed by atoms with Crippen LogP contribution in [-0.2, 0) is 0 Å². The van der Waals surface area contributed by atoms with Crippen molar-refractivity contribution in [1.29, 1.82) is 0 Å². The van der Waals surface area contributed by atoms with Gasteiger partial charge in [-0.05, 0) is 175 Å². The van der Waals surface area contributed by atoms with Crippen LogP contribution in [0.15, 0.2) is 0 Å². The zero-order chi connectivity index (χ0) is 17.9. The van der Waals surface area contributed by atoms with E-state index < -0.39 is 0 Å². The molecule has 0 aliphatic heterocycles. The molecular formula is C29H36. The van der Waals surface area contributed by atoms with Crippen LogP contribution in [0.3, 0.4) is 0 Å². The van der Waals surface area contributed by atoms with Crippen LogP contribution in [0.2, 0.25) is 0 Å². The molecule has 17 rings (SSSR count). The molecule has 0 amide bonds. The predicted octanol–water partition coefficient (Wildman–Crippen LogP) is 6.01. The summed E-state index contributed by atoms with van der Waals surface area (Å²) in [5.74, 6) is 17.3. The zero-order valence-electron chi connectivity index (χ0n) is 17.9. The minimum Gasteiger partial charge on any atom is -0.0473 e. The van der Waals surface area contributed by atoms with Crippen molar-refractivity contribution in [2.45, 2.75) is 70.6 Å². The number of hydrogen-bond donors (Lipinski definition) is 0. The second-order valence-electron chi connectivity index (χ2n) is 15.9. The Hall–Kier alpha value is 0. The number of hydrogen-bond acceptors (Lipinski definition) is 0.